The maximum atomic E-state index is 12.8. The van der Waals surface area contributed by atoms with Crippen molar-refractivity contribution >= 4 is 23.2 Å². The van der Waals surface area contributed by atoms with Gasteiger partial charge in [0.25, 0.3) is 5.91 Å². The predicted molar refractivity (Wildman–Crippen MR) is 110 cm³/mol. The van der Waals surface area contributed by atoms with Gasteiger partial charge in [-0.25, -0.2) is 0 Å². The Balaban J connectivity index is 1.59. The molecule has 2 aromatic rings. The molecule has 2 atom stereocenters. The third-order valence-corrected chi connectivity index (χ3v) is 6.16. The number of carbonyl (C=O) groups excluding carboxylic acids is 2. The van der Waals surface area contributed by atoms with Crippen LogP contribution in [0.3, 0.4) is 0 Å². The summed E-state index contributed by atoms with van der Waals surface area (Å²) in [4.78, 5) is 29.4. The van der Waals surface area contributed by atoms with Crippen molar-refractivity contribution in [3.05, 3.63) is 46.5 Å². The van der Waals surface area contributed by atoms with Gasteiger partial charge in [-0.15, -0.1) is 0 Å². The third kappa shape index (κ3) is 4.83. The fourth-order valence-electron chi connectivity index (χ4n) is 3.86. The molecule has 2 amide bonds. The van der Waals surface area contributed by atoms with Gasteiger partial charge in [-0.2, -0.15) is 11.3 Å². The number of piperidine rings is 1. The summed E-state index contributed by atoms with van der Waals surface area (Å²) in [5.41, 5.74) is 1.24. The average molecular weight is 404 g/mol. The van der Waals surface area contributed by atoms with Crippen LogP contribution in [-0.4, -0.2) is 54.3 Å². The molecule has 1 fully saturated rings. The van der Waals surface area contributed by atoms with Crippen LogP contribution in [0.2, 0.25) is 0 Å². The Kier molecular flexibility index (Phi) is 7.28. The molecule has 1 aliphatic rings. The van der Waals surface area contributed by atoms with E-state index in [0.29, 0.717) is 25.4 Å². The van der Waals surface area contributed by atoms with Crippen molar-refractivity contribution in [2.45, 2.75) is 32.7 Å². The summed E-state index contributed by atoms with van der Waals surface area (Å²) in [6, 6.07) is 5.68. The van der Waals surface area contributed by atoms with Crippen LogP contribution in [0.4, 0.5) is 0 Å². The quantitative estimate of drug-likeness (QED) is 0.734. The van der Waals surface area contributed by atoms with Gasteiger partial charge in [-0.3, -0.25) is 14.5 Å². The van der Waals surface area contributed by atoms with E-state index in [9.17, 15) is 9.59 Å². The van der Waals surface area contributed by atoms with E-state index in [1.807, 2.05) is 0 Å². The van der Waals surface area contributed by atoms with Crippen LogP contribution < -0.4 is 5.32 Å². The summed E-state index contributed by atoms with van der Waals surface area (Å²) >= 11 is 1.68. The molecule has 0 saturated carbocycles. The molecule has 28 heavy (non-hydrogen) atoms. The van der Waals surface area contributed by atoms with Crippen LogP contribution >= 0.6 is 11.3 Å². The number of furan rings is 1. The highest BCUT2D eigenvalue weighted by molar-refractivity contribution is 7.07. The molecular weight excluding hydrogens is 374 g/mol. The molecule has 6 nitrogen and oxygen atoms in total. The summed E-state index contributed by atoms with van der Waals surface area (Å²) in [6.45, 7) is 7.84. The Labute approximate surface area is 170 Å². The largest absolute Gasteiger partial charge is 0.459 e. The second-order valence-electron chi connectivity index (χ2n) is 7.11. The van der Waals surface area contributed by atoms with E-state index >= 15 is 0 Å². The van der Waals surface area contributed by atoms with Crippen molar-refractivity contribution in [1.29, 1.82) is 0 Å². The minimum absolute atomic E-state index is 0.0318. The zero-order valence-electron chi connectivity index (χ0n) is 16.6. The lowest BCUT2D eigenvalue weighted by atomic mass is 9.96. The van der Waals surface area contributed by atoms with E-state index in [2.05, 4.69) is 40.9 Å². The fraction of sp³-hybridized carbons (Fsp3) is 0.524. The minimum Gasteiger partial charge on any atom is -0.459 e. The van der Waals surface area contributed by atoms with E-state index in [-0.39, 0.29) is 23.8 Å². The first-order valence-corrected chi connectivity index (χ1v) is 10.9. The molecule has 0 spiro atoms. The van der Waals surface area contributed by atoms with Gasteiger partial charge in [0.05, 0.1) is 18.2 Å². The zero-order chi connectivity index (χ0) is 19.9. The highest BCUT2D eigenvalue weighted by Crippen LogP contribution is 2.23. The number of likely N-dealkylation sites (tertiary alicyclic amines) is 1. The maximum absolute atomic E-state index is 12.8. The van der Waals surface area contributed by atoms with Crippen molar-refractivity contribution in [3.8, 4) is 0 Å². The second-order valence-corrected chi connectivity index (χ2v) is 7.89. The van der Waals surface area contributed by atoms with Crippen LogP contribution in [0.15, 0.2) is 39.6 Å². The summed E-state index contributed by atoms with van der Waals surface area (Å²) in [5.74, 6) is 0.0544. The first kappa shape index (κ1) is 20.6. The monoisotopic (exact) mass is 403 g/mol. The number of nitrogens with one attached hydrogen (secondary N) is 1. The molecule has 0 radical (unpaired) electrons. The number of likely N-dealkylation sites (N-methyl/N-ethyl adjacent to an activating group) is 1. The molecular formula is C21H29N3O3S. The highest BCUT2D eigenvalue weighted by Gasteiger charge is 2.30. The van der Waals surface area contributed by atoms with Gasteiger partial charge >= 0.3 is 0 Å². The molecule has 152 valence electrons. The first-order chi connectivity index (χ1) is 13.6. The molecule has 1 aliphatic heterocycles. The zero-order valence-corrected chi connectivity index (χ0v) is 17.4. The standard InChI is InChI=1S/C21H29N3O3S/c1-3-23(4-2)18(17-9-12-28-15-17)13-22-20(25)16-7-5-10-24(14-16)21(26)19-8-6-11-27-19/h6,8-9,11-12,15-16,18H,3-5,7,10,13-14H2,1-2H3,(H,22,25)/t16-,18-/m1/s1. The Morgan fingerprint density at radius 3 is 2.82 bits per heavy atom. The molecule has 1 N–H and O–H groups in total. The summed E-state index contributed by atoms with van der Waals surface area (Å²) in [6.07, 6.45) is 3.13. The number of hydrogen-bond donors (Lipinski definition) is 1. The summed E-state index contributed by atoms with van der Waals surface area (Å²) in [5, 5.41) is 7.38. The molecule has 3 heterocycles. The minimum atomic E-state index is -0.174. The SMILES string of the molecule is CCN(CC)[C@H](CNC(=O)[C@@H]1CCCN(C(=O)c2ccco2)C1)c1ccsc1. The molecule has 7 heteroatoms. The van der Waals surface area contributed by atoms with Gasteiger partial charge in [-0.05, 0) is 60.5 Å². The van der Waals surface area contributed by atoms with Gasteiger partial charge in [0.2, 0.25) is 5.91 Å². The fourth-order valence-corrected chi connectivity index (χ4v) is 4.57. The number of hydrogen-bond acceptors (Lipinski definition) is 5. The van der Waals surface area contributed by atoms with Crippen molar-refractivity contribution in [1.82, 2.24) is 15.1 Å². The summed E-state index contributed by atoms with van der Waals surface area (Å²) in [7, 11) is 0. The van der Waals surface area contributed by atoms with E-state index in [4.69, 9.17) is 4.42 Å². The second kappa shape index (κ2) is 9.89. The lowest BCUT2D eigenvalue weighted by Crippen LogP contribution is -2.47. The van der Waals surface area contributed by atoms with Gasteiger partial charge in [0.1, 0.15) is 0 Å². The first-order valence-electron chi connectivity index (χ1n) is 10.0. The van der Waals surface area contributed by atoms with E-state index < -0.39 is 0 Å². The Hall–Kier alpha value is -2.12. The van der Waals surface area contributed by atoms with E-state index in [1.165, 1.54) is 11.8 Å². The third-order valence-electron chi connectivity index (χ3n) is 5.46. The summed E-state index contributed by atoms with van der Waals surface area (Å²) < 4.78 is 5.22. The number of thiophene rings is 1. The van der Waals surface area contributed by atoms with Crippen LogP contribution in [-0.2, 0) is 4.79 Å². The smallest absolute Gasteiger partial charge is 0.289 e. The number of nitrogens with zero attached hydrogens (tertiary/aromatic N) is 2. The number of carbonyl (C=O) groups is 2. The maximum Gasteiger partial charge on any atom is 0.289 e. The Morgan fingerprint density at radius 1 is 1.36 bits per heavy atom. The normalized spacial score (nSPS) is 18.2. The Bertz CT molecular complexity index is 741. The van der Waals surface area contributed by atoms with Crippen molar-refractivity contribution in [3.63, 3.8) is 0 Å². The molecule has 2 aromatic heterocycles. The predicted octanol–water partition coefficient (Wildman–Crippen LogP) is 3.39. The average Bonchev–Trinajstić information content (AvgIpc) is 3.44. The van der Waals surface area contributed by atoms with E-state index in [1.54, 1.807) is 28.4 Å². The molecule has 3 rings (SSSR count). The molecule has 1 saturated heterocycles. The number of rotatable bonds is 8. The lowest BCUT2D eigenvalue weighted by molar-refractivity contribution is -0.126. The topological polar surface area (TPSA) is 65.8 Å². The van der Waals surface area contributed by atoms with Gasteiger partial charge in [0.15, 0.2) is 5.76 Å². The highest BCUT2D eigenvalue weighted by atomic mass is 32.1. The number of amides is 2. The van der Waals surface area contributed by atoms with Crippen LogP contribution in [0.25, 0.3) is 0 Å². The van der Waals surface area contributed by atoms with Gasteiger partial charge in [0, 0.05) is 19.6 Å². The van der Waals surface area contributed by atoms with Crippen LogP contribution in [0, 0.1) is 5.92 Å². The molecule has 0 aromatic carbocycles. The van der Waals surface area contributed by atoms with Gasteiger partial charge in [-0.1, -0.05) is 13.8 Å². The van der Waals surface area contributed by atoms with Crippen LogP contribution in [0.1, 0.15) is 48.8 Å². The van der Waals surface area contributed by atoms with Crippen molar-refractivity contribution < 1.29 is 14.0 Å². The molecule has 0 unspecified atom stereocenters. The van der Waals surface area contributed by atoms with Crippen molar-refractivity contribution in [2.75, 3.05) is 32.7 Å². The van der Waals surface area contributed by atoms with Crippen molar-refractivity contribution in [2.24, 2.45) is 5.92 Å². The lowest BCUT2D eigenvalue weighted by Gasteiger charge is -2.33. The van der Waals surface area contributed by atoms with Crippen LogP contribution in [0.5, 0.6) is 0 Å². The molecule has 0 aliphatic carbocycles. The Morgan fingerprint density at radius 2 is 2.18 bits per heavy atom. The molecule has 0 bridgehead atoms. The van der Waals surface area contributed by atoms with E-state index in [0.717, 1.165) is 25.9 Å². The van der Waals surface area contributed by atoms with Gasteiger partial charge < -0.3 is 14.6 Å².